The summed E-state index contributed by atoms with van der Waals surface area (Å²) in [5.74, 6) is -0.163. The number of rotatable bonds is 6. The molecule has 0 amide bonds. The van der Waals surface area contributed by atoms with Crippen LogP contribution in [-0.4, -0.2) is 6.36 Å². The molecule has 0 aliphatic carbocycles. The highest BCUT2D eigenvalue weighted by molar-refractivity contribution is 5.33. The lowest BCUT2D eigenvalue weighted by Crippen LogP contribution is -2.20. The molecule has 0 atom stereocenters. The van der Waals surface area contributed by atoms with Crippen molar-refractivity contribution < 1.29 is 17.9 Å². The lowest BCUT2D eigenvalue weighted by atomic mass is 10.1. The maximum atomic E-state index is 12.3. The van der Waals surface area contributed by atoms with Gasteiger partial charge in [0.2, 0.25) is 0 Å². The molecule has 0 heterocycles. The van der Waals surface area contributed by atoms with Crippen LogP contribution >= 0.6 is 0 Å². The largest absolute Gasteiger partial charge is 0.573 e. The lowest BCUT2D eigenvalue weighted by molar-refractivity contribution is -0.274. The third-order valence-corrected chi connectivity index (χ3v) is 3.27. The molecule has 2 nitrogen and oxygen atoms in total. The van der Waals surface area contributed by atoms with E-state index in [4.69, 9.17) is 0 Å². The van der Waals surface area contributed by atoms with Gasteiger partial charge in [-0.2, -0.15) is 0 Å². The Morgan fingerprint density at radius 2 is 1.55 bits per heavy atom. The van der Waals surface area contributed by atoms with Crippen LogP contribution < -0.4 is 10.1 Å². The van der Waals surface area contributed by atoms with Crippen LogP contribution in [0.2, 0.25) is 0 Å². The molecular formula is C17H18F3NO. The molecule has 0 unspecified atom stereocenters. The highest BCUT2D eigenvalue weighted by Gasteiger charge is 2.31. The van der Waals surface area contributed by atoms with Crippen molar-refractivity contribution in [2.24, 2.45) is 0 Å². The molecule has 0 spiro atoms. The first-order valence-electron chi connectivity index (χ1n) is 7.10. The Labute approximate surface area is 127 Å². The Kier molecular flexibility index (Phi) is 5.44. The number of para-hydroxylation sites is 1. The van der Waals surface area contributed by atoms with Gasteiger partial charge in [0.05, 0.1) is 0 Å². The van der Waals surface area contributed by atoms with E-state index >= 15 is 0 Å². The summed E-state index contributed by atoms with van der Waals surface area (Å²) >= 11 is 0. The first-order valence-corrected chi connectivity index (χ1v) is 7.10. The van der Waals surface area contributed by atoms with Crippen LogP contribution in [0.15, 0.2) is 48.5 Å². The van der Waals surface area contributed by atoms with Crippen molar-refractivity contribution in [2.75, 3.05) is 0 Å². The number of hydrogen-bond donors (Lipinski definition) is 1. The number of halogens is 3. The molecule has 5 heteroatoms. The Bertz CT molecular complexity index is 594. The van der Waals surface area contributed by atoms with Gasteiger partial charge in [-0.15, -0.1) is 13.2 Å². The first-order chi connectivity index (χ1) is 10.5. The van der Waals surface area contributed by atoms with Crippen LogP contribution in [0.1, 0.15) is 23.6 Å². The predicted molar refractivity (Wildman–Crippen MR) is 79.5 cm³/mol. The van der Waals surface area contributed by atoms with E-state index in [0.717, 1.165) is 12.0 Å². The van der Waals surface area contributed by atoms with Crippen LogP contribution in [0.5, 0.6) is 5.75 Å². The van der Waals surface area contributed by atoms with Gasteiger partial charge in [0.1, 0.15) is 5.75 Å². The summed E-state index contributed by atoms with van der Waals surface area (Å²) in [6.45, 7) is 2.98. The summed E-state index contributed by atoms with van der Waals surface area (Å²) in [6, 6.07) is 14.3. The van der Waals surface area contributed by atoms with Crippen molar-refractivity contribution in [3.63, 3.8) is 0 Å². The second-order valence-corrected chi connectivity index (χ2v) is 4.93. The first kappa shape index (κ1) is 16.4. The van der Waals surface area contributed by atoms with Gasteiger partial charge in [-0.1, -0.05) is 49.4 Å². The normalized spacial score (nSPS) is 11.5. The predicted octanol–water partition coefficient (Wildman–Crippen LogP) is 4.44. The van der Waals surface area contributed by atoms with E-state index < -0.39 is 6.36 Å². The van der Waals surface area contributed by atoms with Crippen LogP contribution in [0.4, 0.5) is 13.2 Å². The van der Waals surface area contributed by atoms with Gasteiger partial charge < -0.3 is 10.1 Å². The summed E-state index contributed by atoms with van der Waals surface area (Å²) in [5, 5.41) is 3.13. The zero-order valence-corrected chi connectivity index (χ0v) is 12.3. The van der Waals surface area contributed by atoms with Gasteiger partial charge in [-0.3, -0.25) is 0 Å². The molecule has 1 N–H and O–H groups in total. The number of benzene rings is 2. The number of aryl methyl sites for hydroxylation is 1. The summed E-state index contributed by atoms with van der Waals surface area (Å²) < 4.78 is 41.0. The van der Waals surface area contributed by atoms with Crippen molar-refractivity contribution in [1.82, 2.24) is 5.32 Å². The van der Waals surface area contributed by atoms with Gasteiger partial charge in [0.15, 0.2) is 0 Å². The van der Waals surface area contributed by atoms with Crippen LogP contribution in [0.25, 0.3) is 0 Å². The smallest absolute Gasteiger partial charge is 0.405 e. The number of alkyl halides is 3. The minimum absolute atomic E-state index is 0.163. The molecule has 22 heavy (non-hydrogen) atoms. The quantitative estimate of drug-likeness (QED) is 0.852. The van der Waals surface area contributed by atoms with Crippen LogP contribution in [0, 0.1) is 0 Å². The van der Waals surface area contributed by atoms with Gasteiger partial charge in [0, 0.05) is 18.7 Å². The second kappa shape index (κ2) is 7.31. The average Bonchev–Trinajstić information content (AvgIpc) is 2.48. The summed E-state index contributed by atoms with van der Waals surface area (Å²) in [4.78, 5) is 0. The molecule has 2 rings (SSSR count). The Morgan fingerprint density at radius 1 is 0.909 bits per heavy atom. The van der Waals surface area contributed by atoms with Crippen molar-refractivity contribution in [2.45, 2.75) is 32.8 Å². The van der Waals surface area contributed by atoms with Crippen molar-refractivity contribution in [3.05, 3.63) is 65.2 Å². The minimum Gasteiger partial charge on any atom is -0.405 e. The van der Waals surface area contributed by atoms with Gasteiger partial charge >= 0.3 is 6.36 Å². The molecule has 0 radical (unpaired) electrons. The zero-order chi connectivity index (χ0) is 16.0. The third kappa shape index (κ3) is 5.07. The highest BCUT2D eigenvalue weighted by atomic mass is 19.4. The van der Waals surface area contributed by atoms with E-state index in [0.29, 0.717) is 18.7 Å². The average molecular weight is 309 g/mol. The van der Waals surface area contributed by atoms with E-state index in [1.807, 2.05) is 12.1 Å². The zero-order valence-electron chi connectivity index (χ0n) is 12.3. The lowest BCUT2D eigenvalue weighted by Gasteiger charge is -2.13. The van der Waals surface area contributed by atoms with Gasteiger partial charge in [-0.05, 0) is 23.6 Å². The standard InChI is InChI=1S/C17H18F3NO/c1-2-13-7-9-14(10-8-13)11-21-12-15-5-3-4-6-16(15)22-17(18,19)20/h3-10,21H,2,11-12H2,1H3. The fourth-order valence-corrected chi connectivity index (χ4v) is 2.11. The topological polar surface area (TPSA) is 21.3 Å². The fraction of sp³-hybridized carbons (Fsp3) is 0.294. The number of hydrogen-bond acceptors (Lipinski definition) is 2. The molecule has 0 saturated carbocycles. The maximum absolute atomic E-state index is 12.3. The maximum Gasteiger partial charge on any atom is 0.573 e. The Hall–Kier alpha value is -2.01. The Balaban J connectivity index is 1.93. The van der Waals surface area contributed by atoms with Crippen LogP contribution in [-0.2, 0) is 19.5 Å². The monoisotopic (exact) mass is 309 g/mol. The number of ether oxygens (including phenoxy) is 1. The van der Waals surface area contributed by atoms with Crippen molar-refractivity contribution >= 4 is 0 Å². The summed E-state index contributed by atoms with van der Waals surface area (Å²) in [6.07, 6.45) is -3.69. The molecule has 118 valence electrons. The summed E-state index contributed by atoms with van der Waals surface area (Å²) in [7, 11) is 0. The Morgan fingerprint density at radius 3 is 2.18 bits per heavy atom. The second-order valence-electron chi connectivity index (χ2n) is 4.93. The van der Waals surface area contributed by atoms with E-state index in [2.05, 4.69) is 29.1 Å². The van der Waals surface area contributed by atoms with E-state index in [1.54, 1.807) is 12.1 Å². The molecule has 2 aromatic rings. The molecule has 0 fully saturated rings. The van der Waals surface area contributed by atoms with E-state index in [9.17, 15) is 13.2 Å². The third-order valence-electron chi connectivity index (χ3n) is 3.27. The van der Waals surface area contributed by atoms with Crippen LogP contribution in [0.3, 0.4) is 0 Å². The molecule has 0 saturated heterocycles. The highest BCUT2D eigenvalue weighted by Crippen LogP contribution is 2.26. The van der Waals surface area contributed by atoms with Gasteiger partial charge in [-0.25, -0.2) is 0 Å². The molecule has 0 aliphatic rings. The molecule has 2 aromatic carbocycles. The van der Waals surface area contributed by atoms with Crippen molar-refractivity contribution in [3.8, 4) is 5.75 Å². The fourth-order valence-electron chi connectivity index (χ4n) is 2.11. The SMILES string of the molecule is CCc1ccc(CNCc2ccccc2OC(F)(F)F)cc1. The van der Waals surface area contributed by atoms with Crippen molar-refractivity contribution in [1.29, 1.82) is 0 Å². The molecule has 0 aliphatic heterocycles. The molecule has 0 bridgehead atoms. The summed E-state index contributed by atoms with van der Waals surface area (Å²) in [5.41, 5.74) is 2.82. The van der Waals surface area contributed by atoms with E-state index in [1.165, 1.54) is 17.7 Å². The molecule has 0 aromatic heterocycles. The number of nitrogens with one attached hydrogen (secondary N) is 1. The molecular weight excluding hydrogens is 291 g/mol. The van der Waals surface area contributed by atoms with Gasteiger partial charge in [0.25, 0.3) is 0 Å². The minimum atomic E-state index is -4.67. The van der Waals surface area contributed by atoms with E-state index in [-0.39, 0.29) is 5.75 Å².